The molecule has 0 saturated carbocycles. The average molecular weight is 238 g/mol. The van der Waals surface area contributed by atoms with Crippen LogP contribution < -0.4 is 0 Å². The molecule has 0 aliphatic carbocycles. The molecule has 0 aromatic heterocycles. The van der Waals surface area contributed by atoms with Gasteiger partial charge in [0.1, 0.15) is 0 Å². The average Bonchev–Trinajstić information content (AvgIpc) is 2.29. The molecule has 4 heteroatoms. The summed E-state index contributed by atoms with van der Waals surface area (Å²) in [5.41, 5.74) is 0.934. The zero-order chi connectivity index (χ0) is 12.7. The Labute approximate surface area is 101 Å². The normalized spacial score (nSPS) is 14.2. The highest BCUT2D eigenvalue weighted by Gasteiger charge is 2.21. The minimum atomic E-state index is -0.972. The van der Waals surface area contributed by atoms with Crippen LogP contribution in [-0.2, 0) is 20.7 Å². The van der Waals surface area contributed by atoms with Gasteiger partial charge in [-0.1, -0.05) is 30.3 Å². The van der Waals surface area contributed by atoms with Gasteiger partial charge in [-0.25, -0.2) is 4.79 Å². The second kappa shape index (κ2) is 7.04. The molecule has 0 amide bonds. The van der Waals surface area contributed by atoms with Gasteiger partial charge in [-0.15, -0.1) is 0 Å². The van der Waals surface area contributed by atoms with Crippen molar-refractivity contribution in [3.8, 4) is 0 Å². The van der Waals surface area contributed by atoms with E-state index in [1.807, 2.05) is 37.3 Å². The summed E-state index contributed by atoms with van der Waals surface area (Å²) in [6.45, 7) is 4.04. The second-order valence-corrected chi connectivity index (χ2v) is 3.68. The maximum atomic E-state index is 11.1. The van der Waals surface area contributed by atoms with E-state index in [1.165, 1.54) is 0 Å². The number of benzene rings is 1. The van der Waals surface area contributed by atoms with Crippen LogP contribution in [0.1, 0.15) is 19.4 Å². The zero-order valence-corrected chi connectivity index (χ0v) is 10.1. The van der Waals surface area contributed by atoms with Crippen LogP contribution in [0.4, 0.5) is 0 Å². The molecule has 1 N–H and O–H groups in total. The Balaban J connectivity index is 2.58. The molecule has 2 atom stereocenters. The van der Waals surface area contributed by atoms with Crippen molar-refractivity contribution in [2.24, 2.45) is 0 Å². The zero-order valence-electron chi connectivity index (χ0n) is 10.1. The largest absolute Gasteiger partial charge is 0.479 e. The van der Waals surface area contributed by atoms with Gasteiger partial charge >= 0.3 is 5.97 Å². The summed E-state index contributed by atoms with van der Waals surface area (Å²) in [6.07, 6.45) is -1.04. The van der Waals surface area contributed by atoms with Crippen LogP contribution in [0, 0.1) is 0 Å². The fraction of sp³-hybridized carbons (Fsp3) is 0.462. The summed E-state index contributed by atoms with van der Waals surface area (Å²) in [4.78, 5) is 11.1. The Morgan fingerprint density at radius 3 is 2.53 bits per heavy atom. The predicted molar refractivity (Wildman–Crippen MR) is 63.7 cm³/mol. The molecular weight excluding hydrogens is 220 g/mol. The van der Waals surface area contributed by atoms with Crippen molar-refractivity contribution in [2.75, 3.05) is 6.61 Å². The van der Waals surface area contributed by atoms with Crippen molar-refractivity contribution in [1.29, 1.82) is 0 Å². The summed E-state index contributed by atoms with van der Waals surface area (Å²) in [5, 5.41) is 9.07. The highest BCUT2D eigenvalue weighted by atomic mass is 16.7. The minimum Gasteiger partial charge on any atom is -0.479 e. The van der Waals surface area contributed by atoms with Crippen molar-refractivity contribution in [3.63, 3.8) is 0 Å². The number of carbonyl (C=O) groups is 1. The molecule has 0 bridgehead atoms. The Kier molecular flexibility index (Phi) is 5.66. The van der Waals surface area contributed by atoms with Crippen molar-refractivity contribution in [1.82, 2.24) is 0 Å². The molecule has 94 valence electrons. The third kappa shape index (κ3) is 4.97. The third-order valence-electron chi connectivity index (χ3n) is 2.30. The van der Waals surface area contributed by atoms with Gasteiger partial charge in [-0.3, -0.25) is 0 Å². The molecule has 0 unspecified atom stereocenters. The van der Waals surface area contributed by atoms with Gasteiger partial charge in [0, 0.05) is 13.0 Å². The van der Waals surface area contributed by atoms with Gasteiger partial charge in [0.15, 0.2) is 12.4 Å². The van der Waals surface area contributed by atoms with Gasteiger partial charge in [0.25, 0.3) is 0 Å². The van der Waals surface area contributed by atoms with Gasteiger partial charge in [-0.05, 0) is 19.4 Å². The molecule has 0 heterocycles. The lowest BCUT2D eigenvalue weighted by molar-refractivity contribution is -0.182. The molecule has 1 aromatic rings. The lowest BCUT2D eigenvalue weighted by atomic mass is 10.1. The first-order valence-corrected chi connectivity index (χ1v) is 5.67. The van der Waals surface area contributed by atoms with E-state index in [0.717, 1.165) is 5.56 Å². The van der Waals surface area contributed by atoms with Crippen LogP contribution in [-0.4, -0.2) is 30.1 Å². The molecule has 1 rings (SSSR count). The summed E-state index contributed by atoms with van der Waals surface area (Å²) in [5.74, 6) is -0.972. The number of rotatable bonds is 7. The Bertz CT molecular complexity index is 337. The Hall–Kier alpha value is -1.39. The first-order valence-electron chi connectivity index (χ1n) is 5.67. The van der Waals surface area contributed by atoms with E-state index in [-0.39, 0.29) is 0 Å². The van der Waals surface area contributed by atoms with Crippen LogP contribution in [0.25, 0.3) is 0 Å². The lowest BCUT2D eigenvalue weighted by Crippen LogP contribution is -2.31. The molecule has 4 nitrogen and oxygen atoms in total. The highest BCUT2D eigenvalue weighted by molar-refractivity contribution is 5.72. The minimum absolute atomic E-state index is 0.341. The summed E-state index contributed by atoms with van der Waals surface area (Å²) in [6, 6.07) is 9.40. The standard InChI is InChI=1S/C13H18O4/c1-3-16-10(2)17-12(13(14)15)9-11-7-5-4-6-8-11/h4-8,10,12H,3,9H2,1-2H3,(H,14,15)/t10-,12+/m0/s1. The molecule has 0 spiro atoms. The predicted octanol–water partition coefficient (Wildman–Crippen LogP) is 2.08. The van der Waals surface area contributed by atoms with Gasteiger partial charge in [-0.2, -0.15) is 0 Å². The van der Waals surface area contributed by atoms with Gasteiger partial charge < -0.3 is 14.6 Å². The lowest BCUT2D eigenvalue weighted by Gasteiger charge is -2.19. The van der Waals surface area contributed by atoms with E-state index in [9.17, 15) is 4.79 Å². The first-order chi connectivity index (χ1) is 8.13. The molecule has 0 aliphatic rings. The van der Waals surface area contributed by atoms with E-state index in [0.29, 0.717) is 13.0 Å². The van der Waals surface area contributed by atoms with Crippen molar-refractivity contribution in [2.45, 2.75) is 32.7 Å². The van der Waals surface area contributed by atoms with E-state index in [4.69, 9.17) is 14.6 Å². The fourth-order valence-electron chi connectivity index (χ4n) is 1.53. The Morgan fingerprint density at radius 2 is 2.00 bits per heavy atom. The van der Waals surface area contributed by atoms with Crippen molar-refractivity contribution in [3.05, 3.63) is 35.9 Å². The fourth-order valence-corrected chi connectivity index (χ4v) is 1.53. The number of ether oxygens (including phenoxy) is 2. The topological polar surface area (TPSA) is 55.8 Å². The van der Waals surface area contributed by atoms with E-state index < -0.39 is 18.4 Å². The summed E-state index contributed by atoms with van der Waals surface area (Å²) in [7, 11) is 0. The van der Waals surface area contributed by atoms with Crippen molar-refractivity contribution < 1.29 is 19.4 Å². The maximum Gasteiger partial charge on any atom is 0.333 e. The molecule has 0 aliphatic heterocycles. The van der Waals surface area contributed by atoms with Crippen LogP contribution in [0.3, 0.4) is 0 Å². The van der Waals surface area contributed by atoms with E-state index in [1.54, 1.807) is 6.92 Å². The Morgan fingerprint density at radius 1 is 1.35 bits per heavy atom. The maximum absolute atomic E-state index is 11.1. The highest BCUT2D eigenvalue weighted by Crippen LogP contribution is 2.09. The van der Waals surface area contributed by atoms with E-state index in [2.05, 4.69) is 0 Å². The van der Waals surface area contributed by atoms with Gasteiger partial charge in [0.2, 0.25) is 0 Å². The summed E-state index contributed by atoms with van der Waals surface area (Å²) < 4.78 is 10.5. The van der Waals surface area contributed by atoms with Crippen LogP contribution in [0.15, 0.2) is 30.3 Å². The van der Waals surface area contributed by atoms with Crippen molar-refractivity contribution >= 4 is 5.97 Å². The molecule has 0 fully saturated rings. The van der Waals surface area contributed by atoms with Crippen LogP contribution >= 0.6 is 0 Å². The van der Waals surface area contributed by atoms with Gasteiger partial charge in [0.05, 0.1) is 0 Å². The monoisotopic (exact) mass is 238 g/mol. The number of carboxylic acids is 1. The van der Waals surface area contributed by atoms with Crippen LogP contribution in [0.5, 0.6) is 0 Å². The second-order valence-electron chi connectivity index (χ2n) is 3.68. The first kappa shape index (κ1) is 13.7. The molecule has 0 saturated heterocycles. The summed E-state index contributed by atoms with van der Waals surface area (Å²) >= 11 is 0. The molecule has 1 aromatic carbocycles. The number of hydrogen-bond acceptors (Lipinski definition) is 3. The molecule has 0 radical (unpaired) electrons. The molecule has 17 heavy (non-hydrogen) atoms. The van der Waals surface area contributed by atoms with E-state index >= 15 is 0 Å². The number of hydrogen-bond donors (Lipinski definition) is 1. The molecular formula is C13H18O4. The number of carboxylic acid groups (broad SMARTS) is 1. The smallest absolute Gasteiger partial charge is 0.333 e. The third-order valence-corrected chi connectivity index (χ3v) is 2.30. The van der Waals surface area contributed by atoms with Crippen LogP contribution in [0.2, 0.25) is 0 Å². The quantitative estimate of drug-likeness (QED) is 0.739. The SMILES string of the molecule is CCO[C@H](C)O[C@H](Cc1ccccc1)C(=O)O. The number of aliphatic carboxylic acids is 1.